The topological polar surface area (TPSA) is 78.3 Å². The Balaban J connectivity index is 3.26. The Hall–Kier alpha value is -1.23. The predicted molar refractivity (Wildman–Crippen MR) is 54.3 cm³/mol. The van der Waals surface area contributed by atoms with Gasteiger partial charge >= 0.3 is 5.97 Å². The van der Waals surface area contributed by atoms with Crippen molar-refractivity contribution in [1.82, 2.24) is 0 Å². The molecule has 1 aromatic rings. The number of halogens is 1. The zero-order valence-corrected chi connectivity index (χ0v) is 8.59. The zero-order chi connectivity index (χ0) is 10.0. The molecule has 0 aliphatic rings. The number of hydrogen-bond acceptors (Lipinski definition) is 4. The molecule has 0 spiro atoms. The first-order valence-electron chi connectivity index (χ1n) is 3.49. The first kappa shape index (κ1) is 9.85. The molecule has 0 atom stereocenters. The minimum Gasteiger partial charge on any atom is -0.465 e. The minimum absolute atomic E-state index is 0.298. The first-order valence-corrected chi connectivity index (χ1v) is 4.29. The number of nitrogen functional groups attached to an aromatic ring is 2. The smallest absolute Gasteiger partial charge is 0.339 e. The highest BCUT2D eigenvalue weighted by molar-refractivity contribution is 9.10. The molecule has 0 fully saturated rings. The lowest BCUT2D eigenvalue weighted by atomic mass is 10.1. The van der Waals surface area contributed by atoms with Gasteiger partial charge in [0, 0.05) is 5.69 Å². The summed E-state index contributed by atoms with van der Waals surface area (Å²) in [5.41, 5.74) is 12.3. The van der Waals surface area contributed by atoms with Crippen molar-refractivity contribution < 1.29 is 9.53 Å². The van der Waals surface area contributed by atoms with Crippen LogP contribution in [0.2, 0.25) is 0 Å². The van der Waals surface area contributed by atoms with Gasteiger partial charge in [-0.05, 0) is 28.1 Å². The van der Waals surface area contributed by atoms with Gasteiger partial charge in [-0.15, -0.1) is 0 Å². The van der Waals surface area contributed by atoms with Crippen LogP contribution in [0, 0.1) is 0 Å². The summed E-state index contributed by atoms with van der Waals surface area (Å²) in [5.74, 6) is -0.474. The Labute approximate surface area is 84.0 Å². The fourth-order valence-corrected chi connectivity index (χ4v) is 1.24. The van der Waals surface area contributed by atoms with E-state index < -0.39 is 5.97 Å². The summed E-state index contributed by atoms with van der Waals surface area (Å²) in [6, 6.07) is 3.12. The molecule has 4 nitrogen and oxygen atoms in total. The second-order valence-electron chi connectivity index (χ2n) is 2.42. The molecule has 13 heavy (non-hydrogen) atoms. The maximum Gasteiger partial charge on any atom is 0.339 e. The lowest BCUT2D eigenvalue weighted by molar-refractivity contribution is 0.0602. The van der Waals surface area contributed by atoms with Gasteiger partial charge in [0.1, 0.15) is 0 Å². The van der Waals surface area contributed by atoms with E-state index in [2.05, 4.69) is 20.7 Å². The van der Waals surface area contributed by atoms with Crippen LogP contribution < -0.4 is 11.5 Å². The van der Waals surface area contributed by atoms with Crippen LogP contribution in [-0.2, 0) is 4.74 Å². The van der Waals surface area contributed by atoms with Crippen LogP contribution >= 0.6 is 15.9 Å². The third-order valence-corrected chi connectivity index (χ3v) is 2.50. The van der Waals surface area contributed by atoms with E-state index in [-0.39, 0.29) is 0 Å². The number of rotatable bonds is 1. The number of benzene rings is 1. The molecule has 1 rings (SSSR count). The lowest BCUT2D eigenvalue weighted by Gasteiger charge is -2.07. The number of methoxy groups -OCH3 is 1. The number of carbonyl (C=O) groups excluding carboxylic acids is 1. The highest BCUT2D eigenvalue weighted by Crippen LogP contribution is 2.29. The molecular formula is C8H9BrN2O2. The molecule has 0 saturated heterocycles. The highest BCUT2D eigenvalue weighted by Gasteiger charge is 2.13. The van der Waals surface area contributed by atoms with Gasteiger partial charge in [0.2, 0.25) is 0 Å². The molecule has 5 heteroatoms. The second kappa shape index (κ2) is 3.66. The van der Waals surface area contributed by atoms with E-state index in [4.69, 9.17) is 11.5 Å². The van der Waals surface area contributed by atoms with Gasteiger partial charge in [0.25, 0.3) is 0 Å². The zero-order valence-electron chi connectivity index (χ0n) is 7.00. The molecule has 0 saturated carbocycles. The Morgan fingerprint density at radius 1 is 1.46 bits per heavy atom. The first-order chi connectivity index (χ1) is 6.07. The van der Waals surface area contributed by atoms with Gasteiger partial charge in [-0.1, -0.05) is 0 Å². The summed E-state index contributed by atoms with van der Waals surface area (Å²) >= 11 is 3.17. The average molecular weight is 245 g/mol. The van der Waals surface area contributed by atoms with Gasteiger partial charge < -0.3 is 16.2 Å². The van der Waals surface area contributed by atoms with Crippen molar-refractivity contribution in [1.29, 1.82) is 0 Å². The van der Waals surface area contributed by atoms with E-state index in [1.165, 1.54) is 13.2 Å². The molecule has 0 amide bonds. The number of ether oxygens (including phenoxy) is 1. The summed E-state index contributed by atoms with van der Waals surface area (Å²) in [6.07, 6.45) is 0. The number of hydrogen-bond donors (Lipinski definition) is 2. The van der Waals surface area contributed by atoms with E-state index in [0.717, 1.165) is 0 Å². The van der Waals surface area contributed by atoms with Crippen molar-refractivity contribution in [3.05, 3.63) is 22.2 Å². The monoisotopic (exact) mass is 244 g/mol. The summed E-state index contributed by atoms with van der Waals surface area (Å²) in [7, 11) is 1.30. The molecule has 0 bridgehead atoms. The fraction of sp³-hybridized carbons (Fsp3) is 0.125. The third kappa shape index (κ3) is 1.75. The SMILES string of the molecule is COC(=O)c1ccc(N)c(Br)c1N. The second-order valence-corrected chi connectivity index (χ2v) is 3.21. The molecule has 70 valence electrons. The Kier molecular flexibility index (Phi) is 2.77. The summed E-state index contributed by atoms with van der Waals surface area (Å²) < 4.78 is 5.05. The van der Waals surface area contributed by atoms with E-state index in [0.29, 0.717) is 21.4 Å². The Morgan fingerprint density at radius 2 is 2.08 bits per heavy atom. The van der Waals surface area contributed by atoms with Crippen LogP contribution in [0.1, 0.15) is 10.4 Å². The Bertz CT molecular complexity index is 352. The van der Waals surface area contributed by atoms with Crippen LogP contribution in [0.25, 0.3) is 0 Å². The summed E-state index contributed by atoms with van der Waals surface area (Å²) in [5, 5.41) is 0. The molecule has 0 unspecified atom stereocenters. The van der Waals surface area contributed by atoms with Gasteiger partial charge in [-0.2, -0.15) is 0 Å². The fourth-order valence-electron chi connectivity index (χ4n) is 0.898. The van der Waals surface area contributed by atoms with Gasteiger partial charge in [-0.3, -0.25) is 0 Å². The predicted octanol–water partition coefficient (Wildman–Crippen LogP) is 1.40. The number of esters is 1. The van der Waals surface area contributed by atoms with Crippen molar-refractivity contribution in [3.63, 3.8) is 0 Å². The molecule has 0 aliphatic heterocycles. The van der Waals surface area contributed by atoms with E-state index >= 15 is 0 Å². The molecule has 0 radical (unpaired) electrons. The van der Waals surface area contributed by atoms with Crippen LogP contribution in [0.15, 0.2) is 16.6 Å². The maximum absolute atomic E-state index is 11.1. The van der Waals surface area contributed by atoms with Crippen LogP contribution in [-0.4, -0.2) is 13.1 Å². The normalized spacial score (nSPS) is 9.69. The van der Waals surface area contributed by atoms with Gasteiger partial charge in [0.05, 0.1) is 22.8 Å². The molecule has 0 aliphatic carbocycles. The van der Waals surface area contributed by atoms with E-state index in [1.54, 1.807) is 6.07 Å². The van der Waals surface area contributed by atoms with Crippen LogP contribution in [0.3, 0.4) is 0 Å². The quantitative estimate of drug-likeness (QED) is 0.579. The number of carbonyl (C=O) groups is 1. The van der Waals surface area contributed by atoms with Gasteiger partial charge in [-0.25, -0.2) is 4.79 Å². The van der Waals surface area contributed by atoms with Crippen molar-refractivity contribution in [2.24, 2.45) is 0 Å². The van der Waals surface area contributed by atoms with Crippen LogP contribution in [0.4, 0.5) is 11.4 Å². The minimum atomic E-state index is -0.474. The lowest BCUT2D eigenvalue weighted by Crippen LogP contribution is -2.07. The highest BCUT2D eigenvalue weighted by atomic mass is 79.9. The van der Waals surface area contributed by atoms with Crippen molar-refractivity contribution >= 4 is 33.3 Å². The number of anilines is 2. The average Bonchev–Trinajstić information content (AvgIpc) is 2.13. The third-order valence-electron chi connectivity index (χ3n) is 1.61. The van der Waals surface area contributed by atoms with Crippen molar-refractivity contribution in [3.8, 4) is 0 Å². The van der Waals surface area contributed by atoms with Gasteiger partial charge in [0.15, 0.2) is 0 Å². The summed E-state index contributed by atoms with van der Waals surface area (Å²) in [6.45, 7) is 0. The standard InChI is InChI=1S/C8H9BrN2O2/c1-13-8(12)4-2-3-5(10)6(9)7(4)11/h2-3H,10-11H2,1H3. The van der Waals surface area contributed by atoms with E-state index in [9.17, 15) is 4.79 Å². The van der Waals surface area contributed by atoms with Crippen LogP contribution in [0.5, 0.6) is 0 Å². The van der Waals surface area contributed by atoms with E-state index in [1.807, 2.05) is 0 Å². The molecule has 1 aromatic carbocycles. The molecule has 0 heterocycles. The van der Waals surface area contributed by atoms with Crippen molar-refractivity contribution in [2.45, 2.75) is 0 Å². The van der Waals surface area contributed by atoms with Crippen molar-refractivity contribution in [2.75, 3.05) is 18.6 Å². The molecule has 4 N–H and O–H groups in total. The largest absolute Gasteiger partial charge is 0.465 e. The molecular weight excluding hydrogens is 236 g/mol. The number of nitrogens with two attached hydrogens (primary N) is 2. The Morgan fingerprint density at radius 3 is 2.62 bits per heavy atom. The molecule has 0 aromatic heterocycles. The summed E-state index contributed by atoms with van der Waals surface area (Å²) in [4.78, 5) is 11.1. The maximum atomic E-state index is 11.1.